The lowest BCUT2D eigenvalue weighted by atomic mass is 9.92. The van der Waals surface area contributed by atoms with E-state index in [2.05, 4.69) is 49.5 Å². The Morgan fingerprint density at radius 1 is 1.07 bits per heavy atom. The van der Waals surface area contributed by atoms with Crippen LogP contribution in [0.25, 0.3) is 0 Å². The van der Waals surface area contributed by atoms with Gasteiger partial charge in [0.25, 0.3) is 5.91 Å². The van der Waals surface area contributed by atoms with Crippen LogP contribution in [0.5, 0.6) is 5.75 Å². The molecule has 0 aromatic heterocycles. The van der Waals surface area contributed by atoms with Gasteiger partial charge in [0, 0.05) is 0 Å². The molecule has 0 saturated heterocycles. The minimum atomic E-state index is -0.473. The molecule has 0 heterocycles. The number of aryl methyl sites for hydroxylation is 4. The zero-order valence-corrected chi connectivity index (χ0v) is 17.0. The molecule has 3 rings (SSSR count). The topological polar surface area (TPSA) is 38.3 Å². The van der Waals surface area contributed by atoms with Crippen molar-refractivity contribution in [2.24, 2.45) is 0 Å². The zero-order chi connectivity index (χ0) is 19.4. The highest BCUT2D eigenvalue weighted by molar-refractivity contribution is 5.81. The van der Waals surface area contributed by atoms with Gasteiger partial charge in [-0.3, -0.25) is 4.79 Å². The highest BCUT2D eigenvalue weighted by atomic mass is 16.5. The molecule has 0 unspecified atom stereocenters. The Morgan fingerprint density at radius 3 is 2.56 bits per heavy atom. The molecule has 2 aromatic rings. The van der Waals surface area contributed by atoms with Gasteiger partial charge in [-0.05, 0) is 87.3 Å². The van der Waals surface area contributed by atoms with Gasteiger partial charge in [0.2, 0.25) is 0 Å². The number of ether oxygens (including phenoxy) is 1. The molecular formula is C24H31NO2. The van der Waals surface area contributed by atoms with Crippen LogP contribution in [0, 0.1) is 13.8 Å². The summed E-state index contributed by atoms with van der Waals surface area (Å²) in [7, 11) is 0. The molecule has 144 valence electrons. The number of amides is 1. The third-order valence-electron chi connectivity index (χ3n) is 5.52. The Hall–Kier alpha value is -2.29. The van der Waals surface area contributed by atoms with Gasteiger partial charge in [-0.15, -0.1) is 0 Å². The van der Waals surface area contributed by atoms with E-state index in [0.29, 0.717) is 6.42 Å². The third kappa shape index (κ3) is 4.71. The molecule has 2 aromatic carbocycles. The minimum Gasteiger partial charge on any atom is -0.481 e. The number of fused-ring (bicyclic) bond motifs is 1. The van der Waals surface area contributed by atoms with Crippen LogP contribution in [0.4, 0.5) is 0 Å². The average Bonchev–Trinajstić information content (AvgIpc) is 2.67. The van der Waals surface area contributed by atoms with E-state index in [1.165, 1.54) is 35.1 Å². The predicted octanol–water partition coefficient (Wildman–Crippen LogP) is 5.22. The molecule has 1 aliphatic carbocycles. The van der Waals surface area contributed by atoms with Gasteiger partial charge in [0.15, 0.2) is 6.10 Å². The molecule has 2 atom stereocenters. The standard InChI is InChI=1S/C24H31NO2/c1-5-23(27-21-13-12-19-8-6-7-9-20(19)15-21)24(26)25-18(4)22-14-16(2)10-11-17(22)3/h10-15,18,23H,5-9H2,1-4H3,(H,25,26)/t18-,23+/m0/s1. The smallest absolute Gasteiger partial charge is 0.261 e. The van der Waals surface area contributed by atoms with Crippen LogP contribution in [-0.2, 0) is 17.6 Å². The fraction of sp³-hybridized carbons (Fsp3) is 0.458. The van der Waals surface area contributed by atoms with Crippen LogP contribution in [0.1, 0.15) is 67.0 Å². The van der Waals surface area contributed by atoms with E-state index in [9.17, 15) is 4.79 Å². The van der Waals surface area contributed by atoms with E-state index in [-0.39, 0.29) is 11.9 Å². The van der Waals surface area contributed by atoms with E-state index < -0.39 is 6.10 Å². The van der Waals surface area contributed by atoms with Crippen LogP contribution >= 0.6 is 0 Å². The Labute approximate surface area is 163 Å². The molecule has 0 fully saturated rings. The summed E-state index contributed by atoms with van der Waals surface area (Å²) in [5, 5.41) is 3.13. The highest BCUT2D eigenvalue weighted by Gasteiger charge is 2.22. The van der Waals surface area contributed by atoms with Crippen LogP contribution < -0.4 is 10.1 Å². The minimum absolute atomic E-state index is 0.0430. The third-order valence-corrected chi connectivity index (χ3v) is 5.52. The average molecular weight is 366 g/mol. The number of nitrogens with one attached hydrogen (secondary N) is 1. The van der Waals surface area contributed by atoms with Crippen molar-refractivity contribution in [1.29, 1.82) is 0 Å². The van der Waals surface area contributed by atoms with Crippen LogP contribution in [-0.4, -0.2) is 12.0 Å². The molecule has 3 heteroatoms. The van der Waals surface area contributed by atoms with Gasteiger partial charge in [-0.1, -0.05) is 36.8 Å². The molecule has 0 radical (unpaired) electrons. The first-order valence-electron chi connectivity index (χ1n) is 10.1. The van der Waals surface area contributed by atoms with E-state index >= 15 is 0 Å². The van der Waals surface area contributed by atoms with Crippen molar-refractivity contribution in [2.75, 3.05) is 0 Å². The van der Waals surface area contributed by atoms with Crippen molar-refractivity contribution < 1.29 is 9.53 Å². The van der Waals surface area contributed by atoms with E-state index in [0.717, 1.165) is 24.2 Å². The number of rotatable bonds is 6. The summed E-state index contributed by atoms with van der Waals surface area (Å²) in [4.78, 5) is 12.8. The molecule has 0 aliphatic heterocycles. The predicted molar refractivity (Wildman–Crippen MR) is 110 cm³/mol. The Morgan fingerprint density at radius 2 is 1.81 bits per heavy atom. The van der Waals surface area contributed by atoms with Gasteiger partial charge in [0.1, 0.15) is 5.75 Å². The largest absolute Gasteiger partial charge is 0.481 e. The van der Waals surface area contributed by atoms with Crippen molar-refractivity contribution in [3.63, 3.8) is 0 Å². The Bertz CT molecular complexity index is 812. The molecule has 0 bridgehead atoms. The summed E-state index contributed by atoms with van der Waals surface area (Å²) < 4.78 is 6.07. The van der Waals surface area contributed by atoms with Gasteiger partial charge in [-0.2, -0.15) is 0 Å². The first-order valence-corrected chi connectivity index (χ1v) is 10.1. The highest BCUT2D eigenvalue weighted by Crippen LogP contribution is 2.26. The molecular weight excluding hydrogens is 334 g/mol. The number of carbonyl (C=O) groups excluding carboxylic acids is 1. The summed E-state index contributed by atoms with van der Waals surface area (Å²) in [5.74, 6) is 0.751. The summed E-state index contributed by atoms with van der Waals surface area (Å²) >= 11 is 0. The molecule has 3 nitrogen and oxygen atoms in total. The zero-order valence-electron chi connectivity index (χ0n) is 17.0. The second-order valence-electron chi connectivity index (χ2n) is 7.74. The van der Waals surface area contributed by atoms with Crippen molar-refractivity contribution in [3.8, 4) is 5.75 Å². The monoisotopic (exact) mass is 365 g/mol. The van der Waals surface area contributed by atoms with Crippen LogP contribution in [0.3, 0.4) is 0 Å². The van der Waals surface area contributed by atoms with E-state index in [1.807, 2.05) is 19.9 Å². The molecule has 0 spiro atoms. The first-order chi connectivity index (χ1) is 13.0. The second-order valence-corrected chi connectivity index (χ2v) is 7.74. The van der Waals surface area contributed by atoms with Gasteiger partial charge in [0.05, 0.1) is 6.04 Å². The quantitative estimate of drug-likeness (QED) is 0.762. The van der Waals surface area contributed by atoms with Crippen molar-refractivity contribution in [2.45, 2.75) is 71.9 Å². The van der Waals surface area contributed by atoms with Gasteiger partial charge >= 0.3 is 0 Å². The first kappa shape index (κ1) is 19.5. The maximum Gasteiger partial charge on any atom is 0.261 e. The van der Waals surface area contributed by atoms with Crippen molar-refractivity contribution in [3.05, 3.63) is 64.2 Å². The number of carbonyl (C=O) groups is 1. The maximum absolute atomic E-state index is 12.8. The summed E-state index contributed by atoms with van der Waals surface area (Å²) in [5.41, 5.74) is 6.35. The molecule has 1 amide bonds. The van der Waals surface area contributed by atoms with Crippen LogP contribution in [0.15, 0.2) is 36.4 Å². The van der Waals surface area contributed by atoms with Gasteiger partial charge < -0.3 is 10.1 Å². The second kappa shape index (κ2) is 8.60. The summed E-state index contributed by atoms with van der Waals surface area (Å²) in [6, 6.07) is 12.6. The van der Waals surface area contributed by atoms with E-state index in [4.69, 9.17) is 4.74 Å². The lowest BCUT2D eigenvalue weighted by Gasteiger charge is -2.23. The lowest BCUT2D eigenvalue weighted by molar-refractivity contribution is -0.128. The molecule has 1 N–H and O–H groups in total. The van der Waals surface area contributed by atoms with E-state index in [1.54, 1.807) is 0 Å². The fourth-order valence-corrected chi connectivity index (χ4v) is 3.88. The normalized spacial score (nSPS) is 15.6. The Kier molecular flexibility index (Phi) is 6.20. The molecule has 1 aliphatic rings. The lowest BCUT2D eigenvalue weighted by Crippen LogP contribution is -2.39. The van der Waals surface area contributed by atoms with Crippen molar-refractivity contribution in [1.82, 2.24) is 5.32 Å². The number of hydrogen-bond donors (Lipinski definition) is 1. The van der Waals surface area contributed by atoms with Crippen LogP contribution in [0.2, 0.25) is 0 Å². The number of benzene rings is 2. The SMILES string of the molecule is CC[C@@H](Oc1ccc2c(c1)CCCC2)C(=O)N[C@@H](C)c1cc(C)ccc1C. The summed E-state index contributed by atoms with van der Waals surface area (Å²) in [6.45, 7) is 8.18. The number of hydrogen-bond acceptors (Lipinski definition) is 2. The Balaban J connectivity index is 1.68. The maximum atomic E-state index is 12.8. The fourth-order valence-electron chi connectivity index (χ4n) is 3.88. The van der Waals surface area contributed by atoms with Crippen molar-refractivity contribution >= 4 is 5.91 Å². The summed E-state index contributed by atoms with van der Waals surface area (Å²) in [6.07, 6.45) is 4.94. The molecule has 0 saturated carbocycles. The molecule has 27 heavy (non-hydrogen) atoms. The van der Waals surface area contributed by atoms with Gasteiger partial charge in [-0.25, -0.2) is 0 Å².